The Kier molecular flexibility index (Phi) is 8.53. The number of carbonyl (C=O) groups excluding carboxylic acids is 2. The van der Waals surface area contributed by atoms with Gasteiger partial charge in [0.1, 0.15) is 11.7 Å². The fraction of sp³-hybridized carbons (Fsp3) is 0.382. The maximum absolute atomic E-state index is 14.1. The molecule has 1 aromatic carbocycles. The number of hydrogen-bond acceptors (Lipinski definition) is 7. The van der Waals surface area contributed by atoms with Gasteiger partial charge < -0.3 is 4.90 Å². The van der Waals surface area contributed by atoms with E-state index < -0.39 is 18.4 Å². The molecule has 4 aromatic rings. The highest BCUT2D eigenvalue weighted by Crippen LogP contribution is 2.36. The summed E-state index contributed by atoms with van der Waals surface area (Å²) < 4.78 is 32.8. The van der Waals surface area contributed by atoms with Crippen LogP contribution in [0.25, 0.3) is 16.7 Å². The van der Waals surface area contributed by atoms with E-state index in [-0.39, 0.29) is 36.2 Å². The molecule has 0 spiro atoms. The topological polar surface area (TPSA) is 126 Å². The van der Waals surface area contributed by atoms with E-state index in [1.165, 1.54) is 9.13 Å². The summed E-state index contributed by atoms with van der Waals surface area (Å²) in [5.41, 5.74) is 3.24. The van der Waals surface area contributed by atoms with E-state index in [0.29, 0.717) is 40.9 Å². The van der Waals surface area contributed by atoms with Gasteiger partial charge in [0.15, 0.2) is 5.69 Å². The number of allylic oxidation sites excluding steroid dienone is 2. The number of alkyl halides is 2. The van der Waals surface area contributed by atoms with E-state index in [1.54, 1.807) is 30.2 Å². The van der Waals surface area contributed by atoms with Crippen molar-refractivity contribution < 1.29 is 18.4 Å². The number of likely N-dealkylation sites (tertiary alicyclic amines) is 1. The Morgan fingerprint density at radius 2 is 1.98 bits per heavy atom. The third-order valence-electron chi connectivity index (χ3n) is 9.16. The number of imide groups is 1. The molecular weight excluding hydrogens is 620 g/mol. The summed E-state index contributed by atoms with van der Waals surface area (Å²) in [6.45, 7) is 2.79. The van der Waals surface area contributed by atoms with Crippen molar-refractivity contribution >= 4 is 34.2 Å². The molecule has 6 heterocycles. The Labute approximate surface area is 274 Å². The number of hydrogen-bond donors (Lipinski definition) is 2. The van der Waals surface area contributed by atoms with Crippen LogP contribution in [0.1, 0.15) is 67.6 Å². The third-order valence-corrected chi connectivity index (χ3v) is 9.16. The van der Waals surface area contributed by atoms with Crippen molar-refractivity contribution in [3.05, 3.63) is 82.3 Å². The molecule has 1 unspecified atom stereocenters. The molecule has 2 amide bonds. The first-order chi connectivity index (χ1) is 23.3. The summed E-state index contributed by atoms with van der Waals surface area (Å²) >= 11 is 0. The molecule has 3 aliphatic rings. The van der Waals surface area contributed by atoms with Gasteiger partial charge in [0.2, 0.25) is 11.8 Å². The number of fused-ring (bicyclic) bond motifs is 1. The predicted octanol–water partition coefficient (Wildman–Crippen LogP) is 3.67. The molecule has 48 heavy (non-hydrogen) atoms. The normalized spacial score (nSPS) is 18.6. The maximum atomic E-state index is 14.1. The average Bonchev–Trinajstić information content (AvgIpc) is 3.80. The van der Waals surface area contributed by atoms with Crippen molar-refractivity contribution in [3.8, 4) is 11.8 Å². The number of anilines is 1. The van der Waals surface area contributed by atoms with Crippen LogP contribution in [0.4, 0.5) is 14.5 Å². The van der Waals surface area contributed by atoms with Crippen LogP contribution >= 0.6 is 0 Å². The van der Waals surface area contributed by atoms with Gasteiger partial charge in [-0.3, -0.25) is 38.7 Å². The van der Waals surface area contributed by atoms with Gasteiger partial charge in [0.05, 0.1) is 34.0 Å². The number of nitrogens with zero attached hydrogens (tertiary/aromatic N) is 7. The van der Waals surface area contributed by atoms with E-state index in [2.05, 4.69) is 37.4 Å². The van der Waals surface area contributed by atoms with Crippen molar-refractivity contribution in [1.29, 1.82) is 0 Å². The Morgan fingerprint density at radius 3 is 2.75 bits per heavy atom. The van der Waals surface area contributed by atoms with Crippen LogP contribution in [0.3, 0.4) is 0 Å². The number of H-pyrrole nitrogens is 1. The molecule has 3 aliphatic heterocycles. The first-order valence-electron chi connectivity index (χ1n) is 16.1. The number of aromatic nitrogens is 6. The number of carbonyl (C=O) groups is 2. The molecule has 0 radical (unpaired) electrons. The van der Waals surface area contributed by atoms with Gasteiger partial charge in [-0.1, -0.05) is 30.1 Å². The van der Waals surface area contributed by atoms with Crippen LogP contribution in [0, 0.1) is 11.8 Å². The molecule has 0 bridgehead atoms. The van der Waals surface area contributed by atoms with E-state index in [9.17, 15) is 23.2 Å². The maximum Gasteiger partial charge on any atom is 0.329 e. The summed E-state index contributed by atoms with van der Waals surface area (Å²) in [4.78, 5) is 41.4. The lowest BCUT2D eigenvalue weighted by atomic mass is 10.1. The molecule has 2 fully saturated rings. The second kappa shape index (κ2) is 13.1. The number of aromatic amines is 1. The van der Waals surface area contributed by atoms with E-state index in [4.69, 9.17) is 0 Å². The number of imidazole rings is 1. The number of piperidine rings is 1. The fourth-order valence-corrected chi connectivity index (χ4v) is 6.68. The Hall–Kier alpha value is -5.29. The molecular formula is C34H35F2N9O3. The first kappa shape index (κ1) is 31.3. The average molecular weight is 656 g/mol. The highest BCUT2D eigenvalue weighted by Gasteiger charge is 2.33. The summed E-state index contributed by atoms with van der Waals surface area (Å²) in [7, 11) is 1.66. The molecule has 3 aromatic heterocycles. The van der Waals surface area contributed by atoms with E-state index in [0.717, 1.165) is 38.2 Å². The molecule has 0 saturated carbocycles. The summed E-state index contributed by atoms with van der Waals surface area (Å²) in [5.74, 6) is 5.64. The highest BCUT2D eigenvalue weighted by atomic mass is 19.3. The lowest BCUT2D eigenvalue weighted by Crippen LogP contribution is -2.48. The van der Waals surface area contributed by atoms with Crippen LogP contribution in [-0.2, 0) is 16.6 Å². The Morgan fingerprint density at radius 1 is 1.12 bits per heavy atom. The van der Waals surface area contributed by atoms with Gasteiger partial charge in [-0.15, -0.1) is 0 Å². The number of nitrogens with one attached hydrogen (secondary N) is 2. The quantitative estimate of drug-likeness (QED) is 0.160. The zero-order valence-corrected chi connectivity index (χ0v) is 26.4. The predicted molar refractivity (Wildman–Crippen MR) is 175 cm³/mol. The van der Waals surface area contributed by atoms with Crippen LogP contribution < -0.4 is 15.9 Å². The summed E-state index contributed by atoms with van der Waals surface area (Å²) in [6, 6.07) is 6.57. The van der Waals surface area contributed by atoms with Crippen molar-refractivity contribution in [2.24, 2.45) is 7.05 Å². The summed E-state index contributed by atoms with van der Waals surface area (Å²) in [6.07, 6.45) is 9.36. The number of aryl methyl sites for hydroxylation is 1. The summed E-state index contributed by atoms with van der Waals surface area (Å²) in [5, 5.41) is 13.7. The zero-order chi connectivity index (χ0) is 33.4. The van der Waals surface area contributed by atoms with Crippen molar-refractivity contribution in [3.63, 3.8) is 0 Å². The lowest BCUT2D eigenvalue weighted by Gasteiger charge is -2.39. The molecule has 14 heteroatoms. The zero-order valence-electron chi connectivity index (χ0n) is 26.4. The third kappa shape index (κ3) is 5.85. The number of benzene rings is 1. The molecule has 0 aliphatic carbocycles. The number of amides is 2. The number of unbranched alkanes of at least 4 members (excludes halogenated alkanes) is 2. The lowest BCUT2D eigenvalue weighted by molar-refractivity contribution is -0.135. The number of rotatable bonds is 9. The molecule has 248 valence electrons. The van der Waals surface area contributed by atoms with Gasteiger partial charge >= 0.3 is 5.69 Å². The van der Waals surface area contributed by atoms with Gasteiger partial charge in [-0.2, -0.15) is 10.2 Å². The molecule has 7 rings (SSSR count). The van der Waals surface area contributed by atoms with Crippen LogP contribution in [0.15, 0.2) is 59.7 Å². The van der Waals surface area contributed by atoms with Crippen molar-refractivity contribution in [1.82, 2.24) is 39.3 Å². The van der Waals surface area contributed by atoms with Crippen LogP contribution in [-0.4, -0.2) is 72.0 Å². The van der Waals surface area contributed by atoms with E-state index in [1.807, 2.05) is 41.3 Å². The Balaban J connectivity index is 0.939. The largest absolute Gasteiger partial charge is 0.333 e. The van der Waals surface area contributed by atoms with Gasteiger partial charge in [-0.25, -0.2) is 13.6 Å². The Bertz CT molecular complexity index is 2040. The standard InChI is InChI=1S/C34H35F2N9O3/c1-41-31-22(10-8-12-26(31)45(34(41)48)27-13-14-29(46)38-33(27)47)9-4-2-3-6-17-42-19-23(20-42)44-21-28(30(40-44)32(35)36)43-18-7-5-11-25(43)24-15-16-37-39-24/h5,7-8,10-12,15-16,21,23,27,32H,2-3,6,13-14,17-20H2,1H3,(H,37,39)(H,38,46,47). The highest BCUT2D eigenvalue weighted by molar-refractivity contribution is 6.00. The van der Waals surface area contributed by atoms with Crippen molar-refractivity contribution in [2.45, 2.75) is 50.6 Å². The SMILES string of the molecule is Cn1c(=O)n(C2CCC(=O)NC2=O)c2cccc(C#CCCCCN3CC(n4cc(N5CC=CC=C5c5cc[nH]n5)c(C(F)F)n4)C3)c21. The minimum atomic E-state index is -2.70. The minimum absolute atomic E-state index is 0.0220. The van der Waals surface area contributed by atoms with Crippen molar-refractivity contribution in [2.75, 3.05) is 31.1 Å². The molecule has 2 saturated heterocycles. The second-order valence-corrected chi connectivity index (χ2v) is 12.3. The van der Waals surface area contributed by atoms with Gasteiger partial charge in [-0.05, 0) is 50.1 Å². The monoisotopic (exact) mass is 655 g/mol. The number of halogens is 2. The minimum Gasteiger partial charge on any atom is -0.333 e. The van der Waals surface area contributed by atoms with E-state index >= 15 is 0 Å². The van der Waals surface area contributed by atoms with Gasteiger partial charge in [0, 0.05) is 51.9 Å². The second-order valence-electron chi connectivity index (χ2n) is 12.3. The fourth-order valence-electron chi connectivity index (χ4n) is 6.68. The van der Waals surface area contributed by atoms with Crippen LogP contribution in [0.2, 0.25) is 0 Å². The first-order valence-corrected chi connectivity index (χ1v) is 16.1. The number of para-hydroxylation sites is 1. The van der Waals surface area contributed by atoms with Gasteiger partial charge in [0.25, 0.3) is 6.43 Å². The molecule has 2 N–H and O–H groups in total. The smallest absolute Gasteiger partial charge is 0.329 e. The van der Waals surface area contributed by atoms with Crippen LogP contribution in [0.5, 0.6) is 0 Å². The molecule has 1 atom stereocenters. The molecule has 12 nitrogen and oxygen atoms in total.